The first-order chi connectivity index (χ1) is 17.1. The highest BCUT2D eigenvalue weighted by Crippen LogP contribution is 2.30. The van der Waals surface area contributed by atoms with E-state index in [0.29, 0.717) is 42.4 Å². The van der Waals surface area contributed by atoms with Gasteiger partial charge >= 0.3 is 0 Å². The molecular formula is C26H31N3O5S. The van der Waals surface area contributed by atoms with Gasteiger partial charge in [-0.1, -0.05) is 18.2 Å². The molecule has 186 valence electrons. The first-order valence-electron chi connectivity index (χ1n) is 11.7. The topological polar surface area (TPSA) is 90.8 Å². The number of benzene rings is 2. The Morgan fingerprint density at radius 1 is 1.11 bits per heavy atom. The fourth-order valence-electron chi connectivity index (χ4n) is 4.11. The zero-order chi connectivity index (χ0) is 24.6. The smallest absolute Gasteiger partial charge is 0.251 e. The van der Waals surface area contributed by atoms with Crippen molar-refractivity contribution < 1.29 is 23.8 Å². The van der Waals surface area contributed by atoms with E-state index in [4.69, 9.17) is 14.2 Å². The molecule has 8 nitrogen and oxygen atoms in total. The Bertz CT molecular complexity index is 1170. The molecule has 3 aromatic rings. The van der Waals surface area contributed by atoms with Crippen molar-refractivity contribution in [1.29, 1.82) is 0 Å². The molecular weight excluding hydrogens is 466 g/mol. The number of ether oxygens (including phenoxy) is 3. The molecule has 2 aromatic carbocycles. The fourth-order valence-corrected chi connectivity index (χ4v) is 5.03. The van der Waals surface area contributed by atoms with Gasteiger partial charge in [0.1, 0.15) is 0 Å². The van der Waals surface area contributed by atoms with Gasteiger partial charge < -0.3 is 29.4 Å². The van der Waals surface area contributed by atoms with Crippen molar-refractivity contribution in [3.63, 3.8) is 0 Å². The lowest BCUT2D eigenvalue weighted by atomic mass is 10.2. The second kappa shape index (κ2) is 12.0. The van der Waals surface area contributed by atoms with Crippen molar-refractivity contribution in [2.45, 2.75) is 30.4 Å². The molecule has 2 amide bonds. The zero-order valence-electron chi connectivity index (χ0n) is 20.0. The van der Waals surface area contributed by atoms with Gasteiger partial charge in [0.05, 0.1) is 26.1 Å². The third-order valence-electron chi connectivity index (χ3n) is 5.95. The molecule has 0 aliphatic carbocycles. The van der Waals surface area contributed by atoms with Crippen LogP contribution in [-0.2, 0) is 16.1 Å². The summed E-state index contributed by atoms with van der Waals surface area (Å²) in [5.41, 5.74) is 1.57. The third-order valence-corrected chi connectivity index (χ3v) is 6.99. The fraction of sp³-hybridized carbons (Fsp3) is 0.385. The standard InChI is InChI=1S/C26H31N3O5S/c1-32-22-10-9-18(14-23(22)33-2)26(31)27-11-12-29-16-24(20-7-3-4-8-21(20)29)35-17-25(30)28-15-19-6-5-13-34-19/h3-4,7-10,14,16,19H,5-6,11-13,15,17H2,1-2H3,(H,27,31)(H,28,30)/t19-/m1/s1. The minimum atomic E-state index is -0.181. The molecule has 0 unspecified atom stereocenters. The van der Waals surface area contributed by atoms with Crippen LogP contribution < -0.4 is 20.1 Å². The monoisotopic (exact) mass is 497 g/mol. The van der Waals surface area contributed by atoms with E-state index < -0.39 is 0 Å². The van der Waals surface area contributed by atoms with E-state index in [-0.39, 0.29) is 17.9 Å². The van der Waals surface area contributed by atoms with E-state index in [1.165, 1.54) is 11.8 Å². The van der Waals surface area contributed by atoms with Crippen LogP contribution in [0, 0.1) is 0 Å². The minimum absolute atomic E-state index is 0.00418. The molecule has 1 atom stereocenters. The molecule has 1 saturated heterocycles. The molecule has 2 heterocycles. The number of fused-ring (bicyclic) bond motifs is 1. The Morgan fingerprint density at radius 3 is 2.71 bits per heavy atom. The number of carbonyl (C=O) groups excluding carboxylic acids is 2. The Balaban J connectivity index is 1.34. The maximum atomic E-state index is 12.6. The first-order valence-corrected chi connectivity index (χ1v) is 12.7. The van der Waals surface area contributed by atoms with Crippen molar-refractivity contribution in [2.75, 3.05) is 39.7 Å². The molecule has 1 aromatic heterocycles. The quantitative estimate of drug-likeness (QED) is 0.394. The van der Waals surface area contributed by atoms with Gasteiger partial charge in [0.25, 0.3) is 5.91 Å². The third kappa shape index (κ3) is 6.29. The molecule has 0 saturated carbocycles. The Hall–Kier alpha value is -3.17. The second-order valence-electron chi connectivity index (χ2n) is 8.26. The number of thioether (sulfide) groups is 1. The summed E-state index contributed by atoms with van der Waals surface area (Å²) < 4.78 is 18.2. The predicted molar refractivity (Wildman–Crippen MR) is 137 cm³/mol. The lowest BCUT2D eigenvalue weighted by Crippen LogP contribution is -2.32. The van der Waals surface area contributed by atoms with E-state index in [0.717, 1.165) is 35.2 Å². The largest absolute Gasteiger partial charge is 0.493 e. The minimum Gasteiger partial charge on any atom is -0.493 e. The second-order valence-corrected chi connectivity index (χ2v) is 9.27. The Labute approximate surface area is 209 Å². The molecule has 0 bridgehead atoms. The summed E-state index contributed by atoms with van der Waals surface area (Å²) in [5, 5.41) is 7.03. The van der Waals surface area contributed by atoms with Crippen LogP contribution in [0.5, 0.6) is 11.5 Å². The highest BCUT2D eigenvalue weighted by Gasteiger charge is 2.17. The van der Waals surface area contributed by atoms with E-state index in [9.17, 15) is 9.59 Å². The summed E-state index contributed by atoms with van der Waals surface area (Å²) in [7, 11) is 3.10. The van der Waals surface area contributed by atoms with E-state index >= 15 is 0 Å². The molecule has 35 heavy (non-hydrogen) atoms. The van der Waals surface area contributed by atoms with E-state index in [1.54, 1.807) is 32.4 Å². The zero-order valence-corrected chi connectivity index (χ0v) is 20.9. The van der Waals surface area contributed by atoms with Crippen LogP contribution >= 0.6 is 11.8 Å². The van der Waals surface area contributed by atoms with Gasteiger partial charge in [-0.15, -0.1) is 11.8 Å². The summed E-state index contributed by atoms with van der Waals surface area (Å²) >= 11 is 1.52. The van der Waals surface area contributed by atoms with Crippen LogP contribution in [0.15, 0.2) is 53.6 Å². The summed E-state index contributed by atoms with van der Waals surface area (Å²) in [5.74, 6) is 1.26. The van der Waals surface area contributed by atoms with Crippen molar-refractivity contribution >= 4 is 34.5 Å². The molecule has 1 fully saturated rings. The average Bonchev–Trinajstić information content (AvgIpc) is 3.54. The predicted octanol–water partition coefficient (Wildman–Crippen LogP) is 3.48. The van der Waals surface area contributed by atoms with Gasteiger partial charge in [-0.2, -0.15) is 0 Å². The van der Waals surface area contributed by atoms with Crippen molar-refractivity contribution in [1.82, 2.24) is 15.2 Å². The van der Waals surface area contributed by atoms with Crippen LogP contribution in [0.25, 0.3) is 10.9 Å². The number of aromatic nitrogens is 1. The van der Waals surface area contributed by atoms with E-state index in [1.807, 2.05) is 24.4 Å². The SMILES string of the molecule is COc1ccc(C(=O)NCCn2cc(SCC(=O)NC[C@H]3CCCO3)c3ccccc32)cc1OC. The van der Waals surface area contributed by atoms with Gasteiger partial charge in [0.15, 0.2) is 11.5 Å². The van der Waals surface area contributed by atoms with Crippen LogP contribution in [0.1, 0.15) is 23.2 Å². The van der Waals surface area contributed by atoms with Crippen LogP contribution in [0.3, 0.4) is 0 Å². The van der Waals surface area contributed by atoms with Gasteiger partial charge in [0, 0.05) is 53.8 Å². The first kappa shape index (κ1) is 24.9. The Kier molecular flexibility index (Phi) is 8.54. The molecule has 1 aliphatic heterocycles. The number of carbonyl (C=O) groups is 2. The lowest BCUT2D eigenvalue weighted by Gasteiger charge is -2.11. The highest BCUT2D eigenvalue weighted by atomic mass is 32.2. The van der Waals surface area contributed by atoms with E-state index in [2.05, 4.69) is 21.3 Å². The van der Waals surface area contributed by atoms with Gasteiger partial charge in [-0.3, -0.25) is 9.59 Å². The molecule has 9 heteroatoms. The number of nitrogens with zero attached hydrogens (tertiary/aromatic N) is 1. The van der Waals surface area contributed by atoms with Crippen LogP contribution in [-0.4, -0.2) is 62.2 Å². The van der Waals surface area contributed by atoms with Gasteiger partial charge in [-0.05, 0) is 37.1 Å². The number of para-hydroxylation sites is 1. The number of amides is 2. The number of nitrogens with one attached hydrogen (secondary N) is 2. The Morgan fingerprint density at radius 2 is 1.94 bits per heavy atom. The lowest BCUT2D eigenvalue weighted by molar-refractivity contribution is -0.119. The number of hydrogen-bond acceptors (Lipinski definition) is 6. The highest BCUT2D eigenvalue weighted by molar-refractivity contribution is 8.00. The summed E-state index contributed by atoms with van der Waals surface area (Å²) in [6.45, 7) is 2.41. The average molecular weight is 498 g/mol. The van der Waals surface area contributed by atoms with Gasteiger partial charge in [-0.25, -0.2) is 0 Å². The summed E-state index contributed by atoms with van der Waals surface area (Å²) in [6, 6.07) is 13.2. The van der Waals surface area contributed by atoms with Crippen LogP contribution in [0.4, 0.5) is 0 Å². The molecule has 2 N–H and O–H groups in total. The summed E-state index contributed by atoms with van der Waals surface area (Å²) in [6.07, 6.45) is 4.25. The maximum absolute atomic E-state index is 12.6. The van der Waals surface area contributed by atoms with Crippen molar-refractivity contribution in [3.05, 3.63) is 54.2 Å². The normalized spacial score (nSPS) is 15.2. The summed E-state index contributed by atoms with van der Waals surface area (Å²) in [4.78, 5) is 26.0. The van der Waals surface area contributed by atoms with Crippen molar-refractivity contribution in [2.24, 2.45) is 0 Å². The molecule has 0 spiro atoms. The number of rotatable bonds is 11. The maximum Gasteiger partial charge on any atom is 0.251 e. The number of methoxy groups -OCH3 is 2. The molecule has 0 radical (unpaired) electrons. The number of hydrogen-bond donors (Lipinski definition) is 2. The van der Waals surface area contributed by atoms with Crippen molar-refractivity contribution in [3.8, 4) is 11.5 Å². The molecule has 1 aliphatic rings. The van der Waals surface area contributed by atoms with Gasteiger partial charge in [0.2, 0.25) is 5.91 Å². The molecule has 4 rings (SSSR count). The van der Waals surface area contributed by atoms with Crippen LogP contribution in [0.2, 0.25) is 0 Å².